The lowest BCUT2D eigenvalue weighted by Gasteiger charge is -2.39. The third-order valence-corrected chi connectivity index (χ3v) is 6.07. The number of piperidine rings is 1. The molecule has 0 spiro atoms. The second-order valence-corrected chi connectivity index (χ2v) is 8.60. The van der Waals surface area contributed by atoms with E-state index in [0.29, 0.717) is 32.5 Å². The maximum Gasteiger partial charge on any atom is 0.239 e. The Morgan fingerprint density at radius 3 is 2.53 bits per heavy atom. The molecule has 1 fully saturated rings. The van der Waals surface area contributed by atoms with E-state index in [9.17, 15) is 9.90 Å². The number of hydrogen-bond donors (Lipinski definition) is 2. The Hall–Kier alpha value is -2.77. The van der Waals surface area contributed by atoms with Crippen LogP contribution in [0.3, 0.4) is 0 Å². The number of aliphatic hydroxyl groups is 1. The molecule has 3 aromatic heterocycles. The number of nitrogens with two attached hydrogens (primary N) is 1. The maximum atomic E-state index is 12.5. The van der Waals surface area contributed by atoms with Crippen LogP contribution in [0.4, 0.5) is 0 Å². The summed E-state index contributed by atoms with van der Waals surface area (Å²) in [4.78, 5) is 23.1. The highest BCUT2D eigenvalue weighted by Crippen LogP contribution is 2.28. The molecular formula is C23H29N5O2. The van der Waals surface area contributed by atoms with Gasteiger partial charge in [-0.1, -0.05) is 13.8 Å². The molecule has 1 saturated heterocycles. The molecule has 158 valence electrons. The molecular weight excluding hydrogens is 378 g/mol. The Labute approximate surface area is 176 Å². The van der Waals surface area contributed by atoms with Crippen molar-refractivity contribution in [1.29, 1.82) is 0 Å². The first-order valence-corrected chi connectivity index (χ1v) is 10.5. The van der Waals surface area contributed by atoms with Gasteiger partial charge in [0.2, 0.25) is 5.91 Å². The maximum absolute atomic E-state index is 12.5. The normalized spacial score (nSPS) is 17.4. The topological polar surface area (TPSA) is 97.3 Å². The van der Waals surface area contributed by atoms with Gasteiger partial charge < -0.3 is 20.3 Å². The molecule has 7 nitrogen and oxygen atoms in total. The number of fused-ring (bicyclic) bond motifs is 1. The minimum atomic E-state index is -0.853. The van der Waals surface area contributed by atoms with Gasteiger partial charge in [0, 0.05) is 37.2 Å². The second-order valence-electron chi connectivity index (χ2n) is 8.60. The van der Waals surface area contributed by atoms with Crippen LogP contribution in [0.15, 0.2) is 48.9 Å². The SMILES string of the molecule is CC(C)C(N)C(=O)N1CCC(O)(Cn2ccc3nc(-c4ccncc4)ccc32)CC1. The fourth-order valence-electron chi connectivity index (χ4n) is 4.01. The van der Waals surface area contributed by atoms with Crippen molar-refractivity contribution in [3.05, 3.63) is 48.9 Å². The van der Waals surface area contributed by atoms with Gasteiger partial charge in [0.05, 0.1) is 34.9 Å². The highest BCUT2D eigenvalue weighted by Gasteiger charge is 2.36. The lowest BCUT2D eigenvalue weighted by molar-refractivity contribution is -0.138. The Balaban J connectivity index is 1.46. The second kappa shape index (κ2) is 8.16. The van der Waals surface area contributed by atoms with E-state index in [2.05, 4.69) is 9.55 Å². The summed E-state index contributed by atoms with van der Waals surface area (Å²) in [5, 5.41) is 11.2. The smallest absolute Gasteiger partial charge is 0.239 e. The largest absolute Gasteiger partial charge is 0.388 e. The molecule has 3 N–H and O–H groups in total. The van der Waals surface area contributed by atoms with E-state index in [1.165, 1.54) is 0 Å². The van der Waals surface area contributed by atoms with Gasteiger partial charge in [-0.15, -0.1) is 0 Å². The Kier molecular flexibility index (Phi) is 5.58. The molecule has 1 unspecified atom stereocenters. The van der Waals surface area contributed by atoms with Gasteiger partial charge in [-0.2, -0.15) is 0 Å². The molecule has 0 bridgehead atoms. The first-order valence-electron chi connectivity index (χ1n) is 10.5. The molecule has 4 rings (SSSR count). The van der Waals surface area contributed by atoms with Crippen molar-refractivity contribution >= 4 is 16.9 Å². The zero-order valence-corrected chi connectivity index (χ0v) is 17.5. The van der Waals surface area contributed by atoms with Crippen molar-refractivity contribution in [2.75, 3.05) is 13.1 Å². The summed E-state index contributed by atoms with van der Waals surface area (Å²) in [5.41, 5.74) is 8.96. The molecule has 4 heterocycles. The number of rotatable bonds is 5. The Morgan fingerprint density at radius 1 is 1.17 bits per heavy atom. The lowest BCUT2D eigenvalue weighted by Crippen LogP contribution is -2.53. The number of nitrogens with zero attached hydrogens (tertiary/aromatic N) is 4. The van der Waals surface area contributed by atoms with Gasteiger partial charge in [0.15, 0.2) is 0 Å². The first-order chi connectivity index (χ1) is 14.4. The number of likely N-dealkylation sites (tertiary alicyclic amines) is 1. The summed E-state index contributed by atoms with van der Waals surface area (Å²) in [6, 6.07) is 9.41. The van der Waals surface area contributed by atoms with Crippen LogP contribution in [-0.4, -0.2) is 55.2 Å². The van der Waals surface area contributed by atoms with Gasteiger partial charge in [-0.05, 0) is 49.1 Å². The van der Waals surface area contributed by atoms with E-state index in [-0.39, 0.29) is 11.8 Å². The van der Waals surface area contributed by atoms with Gasteiger partial charge in [0.25, 0.3) is 0 Å². The number of amides is 1. The number of aromatic nitrogens is 3. The molecule has 3 aromatic rings. The zero-order valence-electron chi connectivity index (χ0n) is 17.5. The summed E-state index contributed by atoms with van der Waals surface area (Å²) in [5.74, 6) is 0.0837. The number of carbonyl (C=O) groups is 1. The van der Waals surface area contributed by atoms with Crippen LogP contribution < -0.4 is 5.73 Å². The predicted octanol–water partition coefficient (Wildman–Crippen LogP) is 2.44. The van der Waals surface area contributed by atoms with Crippen molar-refractivity contribution < 1.29 is 9.90 Å². The van der Waals surface area contributed by atoms with E-state index in [4.69, 9.17) is 10.7 Å². The van der Waals surface area contributed by atoms with E-state index in [1.54, 1.807) is 17.3 Å². The standard InChI is InChI=1S/C23H29N5O2/c1-16(2)21(24)22(29)27-13-8-23(30,9-14-27)15-28-12-7-19-20(28)4-3-18(26-19)17-5-10-25-11-6-17/h3-7,10-12,16,21,30H,8-9,13-15,24H2,1-2H3. The highest BCUT2D eigenvalue weighted by atomic mass is 16.3. The van der Waals surface area contributed by atoms with Crippen LogP contribution in [0.25, 0.3) is 22.3 Å². The van der Waals surface area contributed by atoms with E-state index >= 15 is 0 Å². The monoisotopic (exact) mass is 407 g/mol. The molecule has 1 aliphatic rings. The van der Waals surface area contributed by atoms with Crippen molar-refractivity contribution in [2.24, 2.45) is 11.7 Å². The summed E-state index contributed by atoms with van der Waals surface area (Å²) in [7, 11) is 0. The van der Waals surface area contributed by atoms with Gasteiger partial charge in [-0.3, -0.25) is 9.78 Å². The predicted molar refractivity (Wildman–Crippen MR) is 117 cm³/mol. The highest BCUT2D eigenvalue weighted by molar-refractivity contribution is 5.82. The van der Waals surface area contributed by atoms with Gasteiger partial charge >= 0.3 is 0 Å². The third-order valence-electron chi connectivity index (χ3n) is 6.07. The van der Waals surface area contributed by atoms with E-state index in [1.807, 2.05) is 50.4 Å². The van der Waals surface area contributed by atoms with Crippen LogP contribution in [0, 0.1) is 5.92 Å². The number of pyridine rings is 2. The van der Waals surface area contributed by atoms with Crippen molar-refractivity contribution in [3.8, 4) is 11.3 Å². The lowest BCUT2D eigenvalue weighted by atomic mass is 9.90. The minimum Gasteiger partial charge on any atom is -0.388 e. The quantitative estimate of drug-likeness (QED) is 0.677. The molecule has 30 heavy (non-hydrogen) atoms. The van der Waals surface area contributed by atoms with Crippen LogP contribution in [0.2, 0.25) is 0 Å². The minimum absolute atomic E-state index is 0.0219. The van der Waals surface area contributed by atoms with Gasteiger partial charge in [-0.25, -0.2) is 4.98 Å². The van der Waals surface area contributed by atoms with Crippen molar-refractivity contribution in [1.82, 2.24) is 19.4 Å². The number of carbonyl (C=O) groups excluding carboxylic acids is 1. The van der Waals surface area contributed by atoms with Gasteiger partial charge in [0.1, 0.15) is 0 Å². The van der Waals surface area contributed by atoms with Crippen molar-refractivity contribution in [3.63, 3.8) is 0 Å². The van der Waals surface area contributed by atoms with Crippen LogP contribution in [0.5, 0.6) is 0 Å². The summed E-state index contributed by atoms with van der Waals surface area (Å²) in [6.45, 7) is 5.44. The molecule has 0 radical (unpaired) electrons. The van der Waals surface area contributed by atoms with Crippen molar-refractivity contribution in [2.45, 2.75) is 44.9 Å². The first kappa shape index (κ1) is 20.5. The fourth-order valence-corrected chi connectivity index (χ4v) is 4.01. The third kappa shape index (κ3) is 4.08. The van der Waals surface area contributed by atoms with Crippen LogP contribution in [-0.2, 0) is 11.3 Å². The zero-order chi connectivity index (χ0) is 21.3. The Bertz CT molecular complexity index is 1020. The van der Waals surface area contributed by atoms with E-state index < -0.39 is 11.6 Å². The van der Waals surface area contributed by atoms with Crippen LogP contribution in [0.1, 0.15) is 26.7 Å². The molecule has 1 amide bonds. The summed E-state index contributed by atoms with van der Waals surface area (Å²) in [6.07, 6.45) is 6.55. The van der Waals surface area contributed by atoms with E-state index in [0.717, 1.165) is 22.3 Å². The molecule has 1 atom stereocenters. The average molecular weight is 408 g/mol. The van der Waals surface area contributed by atoms with Crippen LogP contribution >= 0.6 is 0 Å². The average Bonchev–Trinajstić information content (AvgIpc) is 3.15. The number of hydrogen-bond acceptors (Lipinski definition) is 5. The Morgan fingerprint density at radius 2 is 1.87 bits per heavy atom. The molecule has 0 aromatic carbocycles. The summed E-state index contributed by atoms with van der Waals surface area (Å²) < 4.78 is 2.05. The summed E-state index contributed by atoms with van der Waals surface area (Å²) >= 11 is 0. The fraction of sp³-hybridized carbons (Fsp3) is 0.435. The molecule has 0 aliphatic carbocycles. The molecule has 0 saturated carbocycles. The molecule has 1 aliphatic heterocycles. The molecule has 7 heteroatoms.